The molecular weight excluding hydrogens is 192 g/mol. The van der Waals surface area contributed by atoms with Gasteiger partial charge in [-0.2, -0.15) is 0 Å². The highest BCUT2D eigenvalue weighted by atomic mass is 16.4. The Morgan fingerprint density at radius 3 is 2.53 bits per heavy atom. The van der Waals surface area contributed by atoms with Crippen molar-refractivity contribution in [3.63, 3.8) is 0 Å². The van der Waals surface area contributed by atoms with E-state index in [1.54, 1.807) is 7.05 Å². The molecule has 0 atom stereocenters. The van der Waals surface area contributed by atoms with Gasteiger partial charge in [-0.1, -0.05) is 0 Å². The summed E-state index contributed by atoms with van der Waals surface area (Å²) in [6.07, 6.45) is 5.30. The summed E-state index contributed by atoms with van der Waals surface area (Å²) in [6, 6.07) is 0. The van der Waals surface area contributed by atoms with Crippen LogP contribution in [-0.2, 0) is 0 Å². The van der Waals surface area contributed by atoms with Gasteiger partial charge >= 0.3 is 6.09 Å². The Morgan fingerprint density at radius 2 is 2.00 bits per heavy atom. The van der Waals surface area contributed by atoms with Crippen molar-refractivity contribution in [2.75, 3.05) is 26.7 Å². The monoisotopic (exact) mass is 212 g/mol. The molecule has 1 N–H and O–H groups in total. The molecule has 2 aliphatic rings. The van der Waals surface area contributed by atoms with Crippen molar-refractivity contribution in [3.8, 4) is 0 Å². The van der Waals surface area contributed by atoms with Crippen LogP contribution in [0.15, 0.2) is 0 Å². The van der Waals surface area contributed by atoms with E-state index in [2.05, 4.69) is 4.90 Å². The Balaban J connectivity index is 1.90. The van der Waals surface area contributed by atoms with E-state index in [4.69, 9.17) is 5.11 Å². The maximum absolute atomic E-state index is 10.7. The molecule has 0 aliphatic carbocycles. The fourth-order valence-corrected chi connectivity index (χ4v) is 3.10. The first-order chi connectivity index (χ1) is 7.14. The van der Waals surface area contributed by atoms with Crippen LogP contribution in [0.25, 0.3) is 0 Å². The SMILES string of the molecule is CN(CCC12CCCN1CCC2)C(=O)O. The van der Waals surface area contributed by atoms with Crippen LogP contribution in [0.1, 0.15) is 32.1 Å². The average Bonchev–Trinajstić information content (AvgIpc) is 2.72. The molecule has 0 bridgehead atoms. The fourth-order valence-electron chi connectivity index (χ4n) is 3.10. The Bertz CT molecular complexity index is 245. The number of carboxylic acid groups (broad SMARTS) is 1. The van der Waals surface area contributed by atoms with Crippen LogP contribution in [0.2, 0.25) is 0 Å². The lowest BCUT2D eigenvalue weighted by Crippen LogP contribution is -2.41. The largest absolute Gasteiger partial charge is 0.465 e. The van der Waals surface area contributed by atoms with E-state index in [1.807, 2.05) is 0 Å². The second kappa shape index (κ2) is 4.00. The van der Waals surface area contributed by atoms with Gasteiger partial charge in [0, 0.05) is 19.1 Å². The average molecular weight is 212 g/mol. The Hall–Kier alpha value is -0.770. The summed E-state index contributed by atoms with van der Waals surface area (Å²) < 4.78 is 0. The topological polar surface area (TPSA) is 43.8 Å². The Kier molecular flexibility index (Phi) is 2.87. The molecular formula is C11H20N2O2. The summed E-state index contributed by atoms with van der Waals surface area (Å²) in [6.45, 7) is 3.11. The van der Waals surface area contributed by atoms with Gasteiger partial charge in [-0.15, -0.1) is 0 Å². The summed E-state index contributed by atoms with van der Waals surface area (Å²) in [5.41, 5.74) is 0.351. The van der Waals surface area contributed by atoms with E-state index >= 15 is 0 Å². The van der Waals surface area contributed by atoms with Crippen molar-refractivity contribution in [2.24, 2.45) is 0 Å². The number of hydrogen-bond donors (Lipinski definition) is 1. The molecule has 2 saturated heterocycles. The first kappa shape index (κ1) is 10.7. The number of carbonyl (C=O) groups is 1. The summed E-state index contributed by atoms with van der Waals surface area (Å²) in [5.74, 6) is 0. The highest BCUT2D eigenvalue weighted by molar-refractivity contribution is 5.64. The highest BCUT2D eigenvalue weighted by Crippen LogP contribution is 2.41. The van der Waals surface area contributed by atoms with Crippen molar-refractivity contribution in [3.05, 3.63) is 0 Å². The first-order valence-corrected chi connectivity index (χ1v) is 5.83. The second-order valence-electron chi connectivity index (χ2n) is 4.87. The predicted octanol–water partition coefficient (Wildman–Crippen LogP) is 1.61. The molecule has 0 saturated carbocycles. The zero-order chi connectivity index (χ0) is 10.9. The molecule has 15 heavy (non-hydrogen) atoms. The van der Waals surface area contributed by atoms with E-state index in [0.29, 0.717) is 12.1 Å². The molecule has 2 rings (SSSR count). The highest BCUT2D eigenvalue weighted by Gasteiger charge is 2.43. The normalized spacial score (nSPS) is 24.1. The van der Waals surface area contributed by atoms with Gasteiger partial charge in [0.15, 0.2) is 0 Å². The van der Waals surface area contributed by atoms with Crippen LogP contribution < -0.4 is 0 Å². The zero-order valence-electron chi connectivity index (χ0n) is 9.41. The lowest BCUT2D eigenvalue weighted by molar-refractivity contribution is 0.134. The maximum Gasteiger partial charge on any atom is 0.407 e. The quantitative estimate of drug-likeness (QED) is 0.773. The molecule has 0 aromatic carbocycles. The minimum absolute atomic E-state index is 0.351. The second-order valence-corrected chi connectivity index (χ2v) is 4.87. The summed E-state index contributed by atoms with van der Waals surface area (Å²) >= 11 is 0. The number of nitrogens with zero attached hydrogens (tertiary/aromatic N) is 2. The van der Waals surface area contributed by atoms with Gasteiger partial charge in [-0.05, 0) is 45.2 Å². The summed E-state index contributed by atoms with van der Waals surface area (Å²) in [7, 11) is 1.66. The third-order valence-electron chi connectivity index (χ3n) is 4.05. The molecule has 0 aromatic rings. The zero-order valence-corrected chi connectivity index (χ0v) is 9.41. The van der Waals surface area contributed by atoms with E-state index in [9.17, 15) is 4.79 Å². The minimum Gasteiger partial charge on any atom is -0.465 e. The van der Waals surface area contributed by atoms with Gasteiger partial charge in [0.1, 0.15) is 0 Å². The summed E-state index contributed by atoms with van der Waals surface area (Å²) in [5, 5.41) is 8.81. The molecule has 0 radical (unpaired) electrons. The van der Waals surface area contributed by atoms with Crippen LogP contribution in [0, 0.1) is 0 Å². The van der Waals surface area contributed by atoms with Crippen molar-refractivity contribution in [1.82, 2.24) is 9.80 Å². The first-order valence-electron chi connectivity index (χ1n) is 5.83. The maximum atomic E-state index is 10.7. The van der Waals surface area contributed by atoms with E-state index in [1.165, 1.54) is 43.7 Å². The van der Waals surface area contributed by atoms with E-state index in [0.717, 1.165) is 6.42 Å². The van der Waals surface area contributed by atoms with Crippen molar-refractivity contribution >= 4 is 6.09 Å². The molecule has 0 aromatic heterocycles. The van der Waals surface area contributed by atoms with Gasteiger partial charge in [0.05, 0.1) is 0 Å². The minimum atomic E-state index is -0.811. The van der Waals surface area contributed by atoms with E-state index in [-0.39, 0.29) is 0 Å². The standard InChI is InChI=1S/C11H20N2O2/c1-12(10(14)15)9-6-11-4-2-7-13(11)8-3-5-11/h2-9H2,1H3,(H,14,15). The van der Waals surface area contributed by atoms with Crippen LogP contribution in [-0.4, -0.2) is 53.2 Å². The number of rotatable bonds is 3. The molecule has 2 fully saturated rings. The molecule has 1 amide bonds. The lowest BCUT2D eigenvalue weighted by Gasteiger charge is -2.33. The van der Waals surface area contributed by atoms with Gasteiger partial charge in [0.2, 0.25) is 0 Å². The van der Waals surface area contributed by atoms with Crippen LogP contribution in [0.3, 0.4) is 0 Å². The lowest BCUT2D eigenvalue weighted by atomic mass is 9.90. The third-order valence-corrected chi connectivity index (χ3v) is 4.05. The predicted molar refractivity (Wildman–Crippen MR) is 58.0 cm³/mol. The van der Waals surface area contributed by atoms with Gasteiger partial charge < -0.3 is 10.0 Å². The van der Waals surface area contributed by atoms with Gasteiger partial charge in [-0.3, -0.25) is 4.90 Å². The Labute approximate surface area is 90.9 Å². The molecule has 86 valence electrons. The van der Waals surface area contributed by atoms with Crippen LogP contribution >= 0.6 is 0 Å². The molecule has 0 unspecified atom stereocenters. The molecule has 0 spiro atoms. The molecule has 2 aliphatic heterocycles. The molecule has 2 heterocycles. The summed E-state index contributed by atoms with van der Waals surface area (Å²) in [4.78, 5) is 14.7. The molecule has 4 heteroatoms. The fraction of sp³-hybridized carbons (Fsp3) is 0.909. The smallest absolute Gasteiger partial charge is 0.407 e. The third kappa shape index (κ3) is 1.95. The van der Waals surface area contributed by atoms with Crippen LogP contribution in [0.5, 0.6) is 0 Å². The van der Waals surface area contributed by atoms with Gasteiger partial charge in [-0.25, -0.2) is 4.79 Å². The Morgan fingerprint density at radius 1 is 1.40 bits per heavy atom. The van der Waals surface area contributed by atoms with Crippen molar-refractivity contribution < 1.29 is 9.90 Å². The van der Waals surface area contributed by atoms with E-state index < -0.39 is 6.09 Å². The number of amides is 1. The van der Waals surface area contributed by atoms with Crippen LogP contribution in [0.4, 0.5) is 4.79 Å². The molecule has 4 nitrogen and oxygen atoms in total. The van der Waals surface area contributed by atoms with Gasteiger partial charge in [0.25, 0.3) is 0 Å². The number of fused-ring (bicyclic) bond motifs is 1. The van der Waals surface area contributed by atoms with Crippen molar-refractivity contribution in [2.45, 2.75) is 37.6 Å². The van der Waals surface area contributed by atoms with Crippen molar-refractivity contribution in [1.29, 1.82) is 0 Å². The number of hydrogen-bond acceptors (Lipinski definition) is 2.